The number of rotatable bonds is 5. The zero-order valence-corrected chi connectivity index (χ0v) is 12.2. The molecule has 0 aromatic heterocycles. The summed E-state index contributed by atoms with van der Waals surface area (Å²) in [6, 6.07) is 1.78. The van der Waals surface area contributed by atoms with E-state index in [0.717, 1.165) is 34.5 Å². The van der Waals surface area contributed by atoms with Crippen molar-refractivity contribution in [1.29, 1.82) is 0 Å². The lowest BCUT2D eigenvalue weighted by atomic mass is 9.93. The maximum atomic E-state index is 12.4. The summed E-state index contributed by atoms with van der Waals surface area (Å²) in [6.45, 7) is 10.6. The van der Waals surface area contributed by atoms with Crippen molar-refractivity contribution >= 4 is 5.78 Å². The van der Waals surface area contributed by atoms with Gasteiger partial charge in [0.25, 0.3) is 0 Å². The number of hydrogen-bond acceptors (Lipinski definition) is 3. The van der Waals surface area contributed by atoms with Gasteiger partial charge in [0, 0.05) is 5.56 Å². The molecule has 0 saturated heterocycles. The second kappa shape index (κ2) is 6.01. The number of carbonyl (C=O) groups excluding carboxylic acids is 1. The van der Waals surface area contributed by atoms with Crippen LogP contribution in [0.25, 0.3) is 0 Å². The summed E-state index contributed by atoms with van der Waals surface area (Å²) >= 11 is 0. The van der Waals surface area contributed by atoms with Crippen molar-refractivity contribution in [1.82, 2.24) is 5.32 Å². The first-order valence-electron chi connectivity index (χ1n) is 6.36. The van der Waals surface area contributed by atoms with Crippen LogP contribution in [-0.2, 0) is 0 Å². The van der Waals surface area contributed by atoms with Crippen molar-refractivity contribution in [3.8, 4) is 5.75 Å². The number of ketones is 1. The quantitative estimate of drug-likeness (QED) is 0.815. The zero-order valence-electron chi connectivity index (χ0n) is 12.2. The van der Waals surface area contributed by atoms with Crippen LogP contribution >= 0.6 is 0 Å². The van der Waals surface area contributed by atoms with Crippen molar-refractivity contribution < 1.29 is 9.53 Å². The van der Waals surface area contributed by atoms with Gasteiger partial charge >= 0.3 is 0 Å². The Balaban J connectivity index is 3.23. The molecule has 0 fully saturated rings. The van der Waals surface area contributed by atoms with E-state index in [9.17, 15) is 4.79 Å². The van der Waals surface area contributed by atoms with Crippen LogP contribution in [0.5, 0.6) is 5.75 Å². The Morgan fingerprint density at radius 3 is 2.44 bits per heavy atom. The third-order valence-corrected chi connectivity index (χ3v) is 3.40. The van der Waals surface area contributed by atoms with Crippen LogP contribution in [0.1, 0.15) is 40.9 Å². The van der Waals surface area contributed by atoms with Crippen LogP contribution in [0, 0.1) is 20.8 Å². The third-order valence-electron chi connectivity index (χ3n) is 3.40. The molecule has 100 valence electrons. The average Bonchev–Trinajstić information content (AvgIpc) is 2.34. The second-order valence-electron chi connectivity index (χ2n) is 4.67. The van der Waals surface area contributed by atoms with Crippen molar-refractivity contribution in [2.75, 3.05) is 13.7 Å². The summed E-state index contributed by atoms with van der Waals surface area (Å²) < 4.78 is 5.37. The van der Waals surface area contributed by atoms with Crippen LogP contribution in [0.2, 0.25) is 0 Å². The summed E-state index contributed by atoms with van der Waals surface area (Å²) in [5.41, 5.74) is 3.85. The lowest BCUT2D eigenvalue weighted by molar-refractivity contribution is 0.0951. The molecule has 1 N–H and O–H groups in total. The molecule has 1 aromatic rings. The first kappa shape index (κ1) is 14.7. The molecule has 0 aliphatic carbocycles. The molecule has 0 bridgehead atoms. The molecule has 1 atom stereocenters. The minimum Gasteiger partial charge on any atom is -0.496 e. The number of hydrogen-bond donors (Lipinski definition) is 1. The molecule has 0 saturated carbocycles. The number of nitrogens with one attached hydrogen (secondary N) is 1. The van der Waals surface area contributed by atoms with Crippen molar-refractivity contribution in [2.24, 2.45) is 0 Å². The van der Waals surface area contributed by atoms with E-state index in [1.165, 1.54) is 0 Å². The van der Waals surface area contributed by atoms with Gasteiger partial charge in [-0.1, -0.05) is 6.92 Å². The summed E-state index contributed by atoms with van der Waals surface area (Å²) in [4.78, 5) is 12.4. The van der Waals surface area contributed by atoms with Gasteiger partial charge in [0.15, 0.2) is 5.78 Å². The number of aryl methyl sites for hydroxylation is 1. The molecule has 1 aromatic carbocycles. The van der Waals surface area contributed by atoms with Crippen LogP contribution < -0.4 is 10.1 Å². The molecule has 3 heteroatoms. The first-order chi connectivity index (χ1) is 8.43. The fourth-order valence-electron chi connectivity index (χ4n) is 2.26. The maximum absolute atomic E-state index is 12.4. The standard InChI is InChI=1S/C15H23NO2/c1-7-16-12(5)14(17)13-8-9(2)15(18-6)11(4)10(13)3/h8,12,16H,7H2,1-6H3. The van der Waals surface area contributed by atoms with Gasteiger partial charge in [-0.3, -0.25) is 4.79 Å². The molecule has 0 spiro atoms. The topological polar surface area (TPSA) is 38.3 Å². The van der Waals surface area contributed by atoms with Gasteiger partial charge in [-0.05, 0) is 57.0 Å². The van der Waals surface area contributed by atoms with Crippen LogP contribution in [-0.4, -0.2) is 25.5 Å². The molecule has 1 rings (SSSR count). The minimum atomic E-state index is -0.152. The van der Waals surface area contributed by atoms with Crippen molar-refractivity contribution in [3.63, 3.8) is 0 Å². The van der Waals surface area contributed by atoms with Gasteiger partial charge in [0.2, 0.25) is 0 Å². The normalized spacial score (nSPS) is 12.3. The molecule has 0 radical (unpaired) electrons. The highest BCUT2D eigenvalue weighted by Gasteiger charge is 2.19. The molecule has 0 amide bonds. The number of likely N-dealkylation sites (N-methyl/N-ethyl adjacent to an activating group) is 1. The zero-order chi connectivity index (χ0) is 13.9. The van der Waals surface area contributed by atoms with E-state index in [1.807, 2.05) is 40.7 Å². The maximum Gasteiger partial charge on any atom is 0.179 e. The van der Waals surface area contributed by atoms with Gasteiger partial charge in [-0.25, -0.2) is 0 Å². The largest absolute Gasteiger partial charge is 0.496 e. The van der Waals surface area contributed by atoms with E-state index in [2.05, 4.69) is 5.32 Å². The Morgan fingerprint density at radius 2 is 1.94 bits per heavy atom. The van der Waals surface area contributed by atoms with E-state index < -0.39 is 0 Å². The van der Waals surface area contributed by atoms with E-state index >= 15 is 0 Å². The molecular weight excluding hydrogens is 226 g/mol. The van der Waals surface area contributed by atoms with Gasteiger partial charge in [-0.2, -0.15) is 0 Å². The smallest absolute Gasteiger partial charge is 0.179 e. The van der Waals surface area contributed by atoms with E-state index in [0.29, 0.717) is 0 Å². The molecule has 0 aliphatic rings. The lowest BCUT2D eigenvalue weighted by Gasteiger charge is -2.17. The number of ether oxygens (including phenoxy) is 1. The van der Waals surface area contributed by atoms with Crippen molar-refractivity contribution in [2.45, 2.75) is 40.7 Å². The highest BCUT2D eigenvalue weighted by Crippen LogP contribution is 2.29. The third kappa shape index (κ3) is 2.72. The van der Waals surface area contributed by atoms with E-state index in [1.54, 1.807) is 7.11 Å². The summed E-state index contributed by atoms with van der Waals surface area (Å²) in [6.07, 6.45) is 0. The number of methoxy groups -OCH3 is 1. The van der Waals surface area contributed by atoms with Crippen molar-refractivity contribution in [3.05, 3.63) is 28.3 Å². The molecular formula is C15H23NO2. The highest BCUT2D eigenvalue weighted by molar-refractivity contribution is 6.01. The van der Waals surface area contributed by atoms with E-state index in [4.69, 9.17) is 4.74 Å². The Hall–Kier alpha value is -1.35. The SMILES string of the molecule is CCNC(C)C(=O)c1cc(C)c(OC)c(C)c1C. The van der Waals surface area contributed by atoms with Crippen LogP contribution in [0.3, 0.4) is 0 Å². The predicted octanol–water partition coefficient (Wildman–Crippen LogP) is 2.80. The Morgan fingerprint density at radius 1 is 1.33 bits per heavy atom. The summed E-state index contributed by atoms with van der Waals surface area (Å²) in [5.74, 6) is 1.02. The molecule has 0 heterocycles. The second-order valence-corrected chi connectivity index (χ2v) is 4.67. The Labute approximate surface area is 110 Å². The molecule has 18 heavy (non-hydrogen) atoms. The fourth-order valence-corrected chi connectivity index (χ4v) is 2.26. The summed E-state index contributed by atoms with van der Waals surface area (Å²) in [5, 5.41) is 3.16. The van der Waals surface area contributed by atoms with Gasteiger partial charge < -0.3 is 10.1 Å². The molecule has 3 nitrogen and oxygen atoms in total. The van der Waals surface area contributed by atoms with Gasteiger partial charge in [0.05, 0.1) is 13.2 Å². The molecule has 0 aliphatic heterocycles. The van der Waals surface area contributed by atoms with Crippen LogP contribution in [0.15, 0.2) is 6.07 Å². The average molecular weight is 249 g/mol. The monoisotopic (exact) mass is 249 g/mol. The summed E-state index contributed by atoms with van der Waals surface area (Å²) in [7, 11) is 1.66. The highest BCUT2D eigenvalue weighted by atomic mass is 16.5. The number of Topliss-reactive ketones (excluding diaryl/α,β-unsaturated/α-hetero) is 1. The number of carbonyl (C=O) groups is 1. The predicted molar refractivity (Wildman–Crippen MR) is 74.7 cm³/mol. The first-order valence-corrected chi connectivity index (χ1v) is 6.36. The number of benzene rings is 1. The Kier molecular flexibility index (Phi) is 4.91. The van der Waals surface area contributed by atoms with Gasteiger partial charge in [-0.15, -0.1) is 0 Å². The fraction of sp³-hybridized carbons (Fsp3) is 0.533. The van der Waals surface area contributed by atoms with Crippen LogP contribution in [0.4, 0.5) is 0 Å². The minimum absolute atomic E-state index is 0.142. The lowest BCUT2D eigenvalue weighted by Crippen LogP contribution is -2.34. The Bertz CT molecular complexity index is 452. The van der Waals surface area contributed by atoms with Gasteiger partial charge in [0.1, 0.15) is 5.75 Å². The van der Waals surface area contributed by atoms with E-state index in [-0.39, 0.29) is 11.8 Å². The molecule has 1 unspecified atom stereocenters.